The third kappa shape index (κ3) is 4.65. The summed E-state index contributed by atoms with van der Waals surface area (Å²) in [4.78, 5) is 24.2. The largest absolute Gasteiger partial charge is 0.494 e. The number of nitro benzene ring substituents is 1. The SMILES string of the molecule is CCOC(=O)c1c(NC(=S)Nc2ccc([N+](=O)[O-])cc2OC)sc2c1CCCC2. The van der Waals surface area contributed by atoms with Crippen molar-refractivity contribution in [2.75, 3.05) is 24.4 Å². The van der Waals surface area contributed by atoms with Gasteiger partial charge in [0.15, 0.2) is 5.11 Å². The first kappa shape index (κ1) is 21.0. The summed E-state index contributed by atoms with van der Waals surface area (Å²) in [6.45, 7) is 2.07. The quantitative estimate of drug-likeness (QED) is 0.295. The number of carbonyl (C=O) groups is 1. The molecular formula is C19H21N3O5S2. The maximum atomic E-state index is 12.5. The molecule has 1 heterocycles. The van der Waals surface area contributed by atoms with E-state index < -0.39 is 4.92 Å². The number of aryl methyl sites for hydroxylation is 1. The zero-order chi connectivity index (χ0) is 21.0. The first-order valence-corrected chi connectivity index (χ1v) is 10.4. The predicted octanol–water partition coefficient (Wildman–Crippen LogP) is 4.53. The van der Waals surface area contributed by atoms with Crippen molar-refractivity contribution < 1.29 is 19.2 Å². The average Bonchev–Trinajstić information content (AvgIpc) is 3.05. The van der Waals surface area contributed by atoms with E-state index in [0.717, 1.165) is 31.2 Å². The van der Waals surface area contributed by atoms with Gasteiger partial charge >= 0.3 is 5.97 Å². The number of thiocarbonyl (C=S) groups is 1. The Hall–Kier alpha value is -2.72. The second kappa shape index (κ2) is 9.19. The zero-order valence-corrected chi connectivity index (χ0v) is 17.7. The summed E-state index contributed by atoms with van der Waals surface area (Å²) in [5.41, 5.74) is 1.99. The molecule has 0 atom stereocenters. The second-order valence-electron chi connectivity index (χ2n) is 6.36. The van der Waals surface area contributed by atoms with Gasteiger partial charge < -0.3 is 20.1 Å². The highest BCUT2D eigenvalue weighted by atomic mass is 32.1. The van der Waals surface area contributed by atoms with E-state index in [4.69, 9.17) is 21.7 Å². The van der Waals surface area contributed by atoms with E-state index in [9.17, 15) is 14.9 Å². The molecular weight excluding hydrogens is 414 g/mol. The normalized spacial score (nSPS) is 12.6. The van der Waals surface area contributed by atoms with Gasteiger partial charge in [0.05, 0.1) is 36.0 Å². The number of esters is 1. The number of non-ortho nitro benzene ring substituents is 1. The lowest BCUT2D eigenvalue weighted by atomic mass is 9.95. The van der Waals surface area contributed by atoms with E-state index in [-0.39, 0.29) is 16.8 Å². The summed E-state index contributed by atoms with van der Waals surface area (Å²) in [5, 5.41) is 17.9. The fourth-order valence-corrected chi connectivity index (χ4v) is 4.78. The van der Waals surface area contributed by atoms with Gasteiger partial charge in [0, 0.05) is 10.9 Å². The number of anilines is 2. The summed E-state index contributed by atoms with van der Waals surface area (Å²) in [6, 6.07) is 4.21. The number of nitrogens with one attached hydrogen (secondary N) is 2. The van der Waals surface area contributed by atoms with Crippen LogP contribution in [0.2, 0.25) is 0 Å². The zero-order valence-electron chi connectivity index (χ0n) is 16.1. The number of benzene rings is 1. The van der Waals surface area contributed by atoms with Gasteiger partial charge in [0.25, 0.3) is 5.69 Å². The van der Waals surface area contributed by atoms with E-state index in [1.165, 1.54) is 41.5 Å². The molecule has 154 valence electrons. The molecule has 0 radical (unpaired) electrons. The van der Waals surface area contributed by atoms with Crippen LogP contribution in [0.5, 0.6) is 5.75 Å². The molecule has 29 heavy (non-hydrogen) atoms. The van der Waals surface area contributed by atoms with Crippen LogP contribution in [0.25, 0.3) is 0 Å². The molecule has 0 bridgehead atoms. The van der Waals surface area contributed by atoms with Crippen molar-refractivity contribution >= 4 is 51.0 Å². The Balaban J connectivity index is 1.83. The maximum Gasteiger partial charge on any atom is 0.341 e. The fourth-order valence-electron chi connectivity index (χ4n) is 3.23. The van der Waals surface area contributed by atoms with Gasteiger partial charge in [-0.2, -0.15) is 0 Å². The summed E-state index contributed by atoms with van der Waals surface area (Å²) >= 11 is 6.92. The molecule has 3 rings (SSSR count). The number of ether oxygens (including phenoxy) is 2. The minimum Gasteiger partial charge on any atom is -0.494 e. The Kier molecular flexibility index (Phi) is 6.65. The Morgan fingerprint density at radius 2 is 2.07 bits per heavy atom. The molecule has 8 nitrogen and oxygen atoms in total. The Morgan fingerprint density at radius 1 is 1.31 bits per heavy atom. The third-order valence-corrected chi connectivity index (χ3v) is 5.93. The predicted molar refractivity (Wildman–Crippen MR) is 116 cm³/mol. The fraction of sp³-hybridized carbons (Fsp3) is 0.368. The van der Waals surface area contributed by atoms with Crippen LogP contribution in [0.1, 0.15) is 40.6 Å². The summed E-state index contributed by atoms with van der Waals surface area (Å²) in [6.07, 6.45) is 3.92. The summed E-state index contributed by atoms with van der Waals surface area (Å²) in [7, 11) is 1.42. The molecule has 1 aromatic carbocycles. The van der Waals surface area contributed by atoms with Gasteiger partial charge in [-0.1, -0.05) is 0 Å². The molecule has 1 aromatic heterocycles. The smallest absolute Gasteiger partial charge is 0.341 e. The van der Waals surface area contributed by atoms with Gasteiger partial charge in [-0.25, -0.2) is 4.79 Å². The molecule has 0 unspecified atom stereocenters. The summed E-state index contributed by atoms with van der Waals surface area (Å²) in [5.74, 6) is -0.0652. The number of carbonyl (C=O) groups excluding carboxylic acids is 1. The van der Waals surface area contributed by atoms with Crippen LogP contribution in [0.15, 0.2) is 18.2 Å². The van der Waals surface area contributed by atoms with Gasteiger partial charge in [-0.05, 0) is 56.5 Å². The number of thiophene rings is 1. The number of hydrogen-bond acceptors (Lipinski definition) is 7. The van der Waals surface area contributed by atoms with Crippen LogP contribution < -0.4 is 15.4 Å². The monoisotopic (exact) mass is 435 g/mol. The Morgan fingerprint density at radius 3 is 2.76 bits per heavy atom. The number of nitro groups is 1. The molecule has 1 aliphatic rings. The van der Waals surface area contributed by atoms with E-state index in [1.54, 1.807) is 6.92 Å². The number of fused-ring (bicyclic) bond motifs is 1. The highest BCUT2D eigenvalue weighted by Gasteiger charge is 2.27. The molecule has 0 amide bonds. The first-order chi connectivity index (χ1) is 13.9. The van der Waals surface area contributed by atoms with Crippen LogP contribution >= 0.6 is 23.6 Å². The van der Waals surface area contributed by atoms with E-state index in [0.29, 0.717) is 28.6 Å². The molecule has 0 spiro atoms. The highest BCUT2D eigenvalue weighted by molar-refractivity contribution is 7.80. The minimum atomic E-state index is -0.495. The van der Waals surface area contributed by atoms with Crippen molar-refractivity contribution in [1.82, 2.24) is 0 Å². The van der Waals surface area contributed by atoms with E-state index >= 15 is 0 Å². The van der Waals surface area contributed by atoms with Crippen molar-refractivity contribution in [1.29, 1.82) is 0 Å². The molecule has 0 saturated carbocycles. The van der Waals surface area contributed by atoms with E-state index in [2.05, 4.69) is 10.6 Å². The van der Waals surface area contributed by atoms with Crippen molar-refractivity contribution in [2.45, 2.75) is 32.6 Å². The van der Waals surface area contributed by atoms with E-state index in [1.807, 2.05) is 0 Å². The highest BCUT2D eigenvalue weighted by Crippen LogP contribution is 2.39. The molecule has 0 saturated heterocycles. The molecule has 0 fully saturated rings. The number of rotatable bonds is 6. The Bertz CT molecular complexity index is 958. The number of hydrogen-bond donors (Lipinski definition) is 2. The van der Waals surface area contributed by atoms with Gasteiger partial charge in [0.2, 0.25) is 0 Å². The van der Waals surface area contributed by atoms with Crippen LogP contribution in [0.4, 0.5) is 16.4 Å². The van der Waals surface area contributed by atoms with Gasteiger partial charge in [-0.15, -0.1) is 11.3 Å². The van der Waals surface area contributed by atoms with Crippen LogP contribution in [-0.4, -0.2) is 29.7 Å². The maximum absolute atomic E-state index is 12.5. The van der Waals surface area contributed by atoms with Crippen LogP contribution in [-0.2, 0) is 17.6 Å². The minimum absolute atomic E-state index is 0.0817. The molecule has 2 N–H and O–H groups in total. The average molecular weight is 436 g/mol. The Labute approximate surface area is 177 Å². The molecule has 1 aliphatic carbocycles. The second-order valence-corrected chi connectivity index (χ2v) is 7.87. The first-order valence-electron chi connectivity index (χ1n) is 9.16. The number of nitrogens with zero attached hydrogens (tertiary/aromatic N) is 1. The summed E-state index contributed by atoms with van der Waals surface area (Å²) < 4.78 is 10.5. The molecule has 10 heteroatoms. The van der Waals surface area contributed by atoms with Crippen LogP contribution in [0.3, 0.4) is 0 Å². The lowest BCUT2D eigenvalue weighted by molar-refractivity contribution is -0.384. The van der Waals surface area contributed by atoms with Crippen molar-refractivity contribution in [3.8, 4) is 5.75 Å². The van der Waals surface area contributed by atoms with Crippen molar-refractivity contribution in [2.24, 2.45) is 0 Å². The van der Waals surface area contributed by atoms with Gasteiger partial charge in [0.1, 0.15) is 10.8 Å². The lowest BCUT2D eigenvalue weighted by Crippen LogP contribution is -2.21. The standard InChI is InChI=1S/C19H21N3O5S2/c1-3-27-18(23)16-12-6-4-5-7-15(12)29-17(16)21-19(28)20-13-9-8-11(22(24)25)10-14(13)26-2/h8-10H,3-7H2,1-2H3,(H2,20,21,28). The number of methoxy groups -OCH3 is 1. The lowest BCUT2D eigenvalue weighted by Gasteiger charge is -2.14. The van der Waals surface area contributed by atoms with Gasteiger partial charge in [-0.3, -0.25) is 10.1 Å². The third-order valence-electron chi connectivity index (χ3n) is 4.52. The topological polar surface area (TPSA) is 103 Å². The van der Waals surface area contributed by atoms with Crippen molar-refractivity contribution in [3.05, 3.63) is 44.3 Å². The van der Waals surface area contributed by atoms with Crippen LogP contribution in [0, 0.1) is 10.1 Å². The van der Waals surface area contributed by atoms with Crippen molar-refractivity contribution in [3.63, 3.8) is 0 Å². The molecule has 2 aromatic rings. The molecule has 0 aliphatic heterocycles.